The summed E-state index contributed by atoms with van der Waals surface area (Å²) < 4.78 is 0. The minimum absolute atomic E-state index is 0.404. The summed E-state index contributed by atoms with van der Waals surface area (Å²) in [5.74, 6) is 0.808. The first-order valence-electron chi connectivity index (χ1n) is 9.30. The number of unbranched alkanes of at least 4 members (excludes halogenated alkanes) is 2. The number of phenols is 2. The lowest BCUT2D eigenvalue weighted by atomic mass is 10.0. The molecule has 2 N–H and O–H groups in total. The molecular weight excluding hydrogens is 328 g/mol. The Kier molecular flexibility index (Phi) is 7.24. The molecule has 0 spiro atoms. The number of phenolic OH excluding ortho intramolecular Hbond substituents is 2. The van der Waals surface area contributed by atoms with Crippen LogP contribution < -0.4 is 0 Å². The van der Waals surface area contributed by atoms with Gasteiger partial charge in [-0.05, 0) is 86.1 Å². The average Bonchev–Trinajstić information content (AvgIpc) is 2.59. The summed E-state index contributed by atoms with van der Waals surface area (Å²) in [4.78, 5) is 2.36. The van der Waals surface area contributed by atoms with Crippen molar-refractivity contribution in [2.45, 2.75) is 76.0 Å². The van der Waals surface area contributed by atoms with E-state index in [4.69, 9.17) is 0 Å². The second-order valence-electron chi connectivity index (χ2n) is 6.68. The van der Waals surface area contributed by atoms with E-state index in [2.05, 4.69) is 27.7 Å². The molecule has 0 atom stereocenters. The summed E-state index contributed by atoms with van der Waals surface area (Å²) in [5, 5.41) is 20.4. The van der Waals surface area contributed by atoms with Crippen LogP contribution in [0.25, 0.3) is 0 Å². The Bertz CT molecular complexity index is 661. The third-order valence-corrected chi connectivity index (χ3v) is 6.15. The van der Waals surface area contributed by atoms with E-state index in [1.54, 1.807) is 11.8 Å². The van der Waals surface area contributed by atoms with Crippen molar-refractivity contribution in [3.8, 4) is 11.5 Å². The maximum Gasteiger partial charge on any atom is 0.119 e. The minimum Gasteiger partial charge on any atom is -0.508 e. The summed E-state index contributed by atoms with van der Waals surface area (Å²) in [6.07, 6.45) is 6.24. The van der Waals surface area contributed by atoms with Crippen LogP contribution in [-0.4, -0.2) is 10.2 Å². The van der Waals surface area contributed by atoms with Gasteiger partial charge in [-0.15, -0.1) is 0 Å². The highest BCUT2D eigenvalue weighted by Gasteiger charge is 2.14. The monoisotopic (exact) mass is 358 g/mol. The quantitative estimate of drug-likeness (QED) is 0.562. The van der Waals surface area contributed by atoms with Crippen molar-refractivity contribution < 1.29 is 10.2 Å². The van der Waals surface area contributed by atoms with E-state index in [-0.39, 0.29) is 0 Å². The molecule has 0 fully saturated rings. The summed E-state index contributed by atoms with van der Waals surface area (Å²) >= 11 is 1.73. The molecule has 2 aromatic carbocycles. The van der Waals surface area contributed by atoms with Crippen LogP contribution in [0, 0.1) is 13.8 Å². The molecule has 0 saturated heterocycles. The number of aromatic hydroxyl groups is 2. The summed E-state index contributed by atoms with van der Waals surface area (Å²) in [5.41, 5.74) is 4.46. The summed E-state index contributed by atoms with van der Waals surface area (Å²) in [7, 11) is 0. The number of rotatable bonds is 8. The van der Waals surface area contributed by atoms with Gasteiger partial charge in [0.2, 0.25) is 0 Å². The highest BCUT2D eigenvalue weighted by atomic mass is 32.2. The smallest absolute Gasteiger partial charge is 0.119 e. The van der Waals surface area contributed by atoms with E-state index in [1.165, 1.54) is 20.9 Å². The first-order chi connectivity index (χ1) is 12.0. The van der Waals surface area contributed by atoms with Gasteiger partial charge in [0.15, 0.2) is 0 Å². The fourth-order valence-electron chi connectivity index (χ4n) is 3.12. The SMILES string of the molecule is CCCCc1c(O)ccc(Sc2ccc(O)c(CCCC)c2C)c1C. The van der Waals surface area contributed by atoms with E-state index in [0.29, 0.717) is 11.5 Å². The van der Waals surface area contributed by atoms with Crippen LogP contribution in [0.3, 0.4) is 0 Å². The second kappa shape index (κ2) is 9.19. The van der Waals surface area contributed by atoms with Crippen LogP contribution in [-0.2, 0) is 12.8 Å². The van der Waals surface area contributed by atoms with Crippen LogP contribution in [0.5, 0.6) is 11.5 Å². The Labute approximate surface area is 156 Å². The highest BCUT2D eigenvalue weighted by Crippen LogP contribution is 2.39. The van der Waals surface area contributed by atoms with Gasteiger partial charge in [0.1, 0.15) is 11.5 Å². The van der Waals surface area contributed by atoms with Gasteiger partial charge in [-0.2, -0.15) is 0 Å². The molecule has 0 saturated carbocycles. The zero-order chi connectivity index (χ0) is 18.4. The molecule has 0 unspecified atom stereocenters. The minimum atomic E-state index is 0.404. The van der Waals surface area contributed by atoms with E-state index < -0.39 is 0 Å². The first kappa shape index (κ1) is 19.7. The van der Waals surface area contributed by atoms with Crippen LogP contribution in [0.1, 0.15) is 61.8 Å². The van der Waals surface area contributed by atoms with Crippen LogP contribution in [0.15, 0.2) is 34.1 Å². The van der Waals surface area contributed by atoms with Gasteiger partial charge in [-0.1, -0.05) is 38.5 Å². The molecule has 136 valence electrons. The highest BCUT2D eigenvalue weighted by molar-refractivity contribution is 7.99. The topological polar surface area (TPSA) is 40.5 Å². The van der Waals surface area contributed by atoms with Crippen molar-refractivity contribution in [1.82, 2.24) is 0 Å². The first-order valence-corrected chi connectivity index (χ1v) is 10.1. The third kappa shape index (κ3) is 4.72. The number of hydrogen-bond donors (Lipinski definition) is 2. The van der Waals surface area contributed by atoms with Gasteiger partial charge >= 0.3 is 0 Å². The Morgan fingerprint density at radius 3 is 1.48 bits per heavy atom. The largest absolute Gasteiger partial charge is 0.508 e. The predicted molar refractivity (Wildman–Crippen MR) is 107 cm³/mol. The lowest BCUT2D eigenvalue weighted by molar-refractivity contribution is 0.465. The molecule has 25 heavy (non-hydrogen) atoms. The van der Waals surface area contributed by atoms with Gasteiger partial charge in [-0.25, -0.2) is 0 Å². The molecule has 0 aromatic heterocycles. The molecule has 2 aromatic rings. The zero-order valence-corrected chi connectivity index (χ0v) is 16.7. The Morgan fingerprint density at radius 2 is 1.12 bits per heavy atom. The second-order valence-corrected chi connectivity index (χ2v) is 7.77. The number of benzene rings is 2. The predicted octanol–water partition coefficient (Wildman–Crippen LogP) is 6.55. The van der Waals surface area contributed by atoms with Gasteiger partial charge < -0.3 is 10.2 Å². The van der Waals surface area contributed by atoms with Gasteiger partial charge in [0.25, 0.3) is 0 Å². The fraction of sp³-hybridized carbons (Fsp3) is 0.455. The molecule has 0 bridgehead atoms. The molecule has 0 heterocycles. The van der Waals surface area contributed by atoms with Crippen LogP contribution in [0.2, 0.25) is 0 Å². The summed E-state index contributed by atoms with van der Waals surface area (Å²) in [6.45, 7) is 8.53. The van der Waals surface area contributed by atoms with Crippen molar-refractivity contribution in [1.29, 1.82) is 0 Å². The lowest BCUT2D eigenvalue weighted by Crippen LogP contribution is -1.95. The molecule has 0 amide bonds. The maximum atomic E-state index is 10.2. The van der Waals surface area contributed by atoms with Crippen molar-refractivity contribution in [3.05, 3.63) is 46.5 Å². The van der Waals surface area contributed by atoms with E-state index in [9.17, 15) is 10.2 Å². The van der Waals surface area contributed by atoms with Crippen molar-refractivity contribution in [2.75, 3.05) is 0 Å². The fourth-order valence-corrected chi connectivity index (χ4v) is 4.18. The van der Waals surface area contributed by atoms with Crippen LogP contribution >= 0.6 is 11.8 Å². The molecule has 3 heteroatoms. The van der Waals surface area contributed by atoms with Crippen LogP contribution in [0.4, 0.5) is 0 Å². The number of hydrogen-bond acceptors (Lipinski definition) is 3. The normalized spacial score (nSPS) is 11.0. The Morgan fingerprint density at radius 1 is 0.720 bits per heavy atom. The molecule has 2 nitrogen and oxygen atoms in total. The van der Waals surface area contributed by atoms with Gasteiger partial charge in [0, 0.05) is 9.79 Å². The Hall–Kier alpha value is -1.61. The molecule has 0 radical (unpaired) electrons. The van der Waals surface area contributed by atoms with Gasteiger partial charge in [-0.3, -0.25) is 0 Å². The van der Waals surface area contributed by atoms with E-state index in [0.717, 1.165) is 49.7 Å². The van der Waals surface area contributed by atoms with Gasteiger partial charge in [0.05, 0.1) is 0 Å². The molecule has 0 aliphatic rings. The maximum absolute atomic E-state index is 10.2. The van der Waals surface area contributed by atoms with Crippen molar-refractivity contribution in [2.24, 2.45) is 0 Å². The zero-order valence-electron chi connectivity index (χ0n) is 15.9. The van der Waals surface area contributed by atoms with E-state index >= 15 is 0 Å². The molecule has 2 rings (SSSR count). The molecular formula is C22H30O2S. The van der Waals surface area contributed by atoms with Crippen molar-refractivity contribution in [3.63, 3.8) is 0 Å². The average molecular weight is 359 g/mol. The van der Waals surface area contributed by atoms with E-state index in [1.807, 2.05) is 24.3 Å². The third-order valence-electron chi connectivity index (χ3n) is 4.83. The van der Waals surface area contributed by atoms with Crippen molar-refractivity contribution >= 4 is 11.8 Å². The Balaban J connectivity index is 2.33. The lowest BCUT2D eigenvalue weighted by Gasteiger charge is -2.16. The summed E-state index contributed by atoms with van der Waals surface area (Å²) in [6, 6.07) is 7.63. The molecule has 0 aliphatic carbocycles. The standard InChI is InChI=1S/C22H30O2S/c1-5-7-9-17-15(3)21(13-11-19(17)23)25-22-14-12-20(24)18(16(22)4)10-8-6-2/h11-14,23-24H,5-10H2,1-4H3. The molecule has 0 aliphatic heterocycles.